The molecule has 0 saturated carbocycles. The molecule has 0 saturated heterocycles. The van der Waals surface area contributed by atoms with Gasteiger partial charge >= 0.3 is 5.97 Å². The Morgan fingerprint density at radius 3 is 2.47 bits per heavy atom. The Morgan fingerprint density at radius 2 is 1.89 bits per heavy atom. The molecule has 1 aromatic carbocycles. The number of hydrogen-bond acceptors (Lipinski definition) is 3. The summed E-state index contributed by atoms with van der Waals surface area (Å²) in [5, 5.41) is 2.81. The summed E-state index contributed by atoms with van der Waals surface area (Å²) in [4.78, 5) is 23.1. The fourth-order valence-corrected chi connectivity index (χ4v) is 2.41. The molecule has 2 rings (SSSR count). The van der Waals surface area contributed by atoms with E-state index in [4.69, 9.17) is 4.74 Å². The normalized spacial score (nSPS) is 13.9. The van der Waals surface area contributed by atoms with Gasteiger partial charge in [-0.25, -0.2) is 0 Å². The van der Waals surface area contributed by atoms with Gasteiger partial charge in [-0.1, -0.05) is 24.3 Å². The number of carbonyl (C=O) groups excluding carboxylic acids is 2. The van der Waals surface area contributed by atoms with Crippen LogP contribution >= 0.6 is 0 Å². The minimum atomic E-state index is -0.266. The molecule has 0 spiro atoms. The maximum Gasteiger partial charge on any atom is 0.307 e. The first-order valence-electron chi connectivity index (χ1n) is 6.70. The molecule has 1 aliphatic rings. The van der Waals surface area contributed by atoms with Crippen molar-refractivity contribution >= 4 is 11.9 Å². The number of nitrogens with one attached hydrogen (secondary N) is 1. The Bertz CT molecular complexity index is 445. The number of ether oxygens (including phenoxy) is 1. The third-order valence-electron chi connectivity index (χ3n) is 3.36. The van der Waals surface area contributed by atoms with E-state index in [1.54, 1.807) is 6.92 Å². The number of hydrogen-bond donors (Lipinski definition) is 1. The highest BCUT2D eigenvalue weighted by molar-refractivity contribution is 5.81. The summed E-state index contributed by atoms with van der Waals surface area (Å²) in [5.41, 5.74) is 2.51. The summed E-state index contributed by atoms with van der Waals surface area (Å²) in [6.45, 7) is 2.50. The lowest BCUT2D eigenvalue weighted by Crippen LogP contribution is -2.32. The molecule has 19 heavy (non-hydrogen) atoms. The number of fused-ring (bicyclic) bond motifs is 1. The summed E-state index contributed by atoms with van der Waals surface area (Å²) in [5.74, 6) is -0.238. The van der Waals surface area contributed by atoms with Crippen molar-refractivity contribution in [3.8, 4) is 0 Å². The molecule has 0 fully saturated rings. The second kappa shape index (κ2) is 6.36. The molecule has 0 unspecified atom stereocenters. The zero-order valence-corrected chi connectivity index (χ0v) is 11.1. The van der Waals surface area contributed by atoms with Gasteiger partial charge < -0.3 is 10.1 Å². The van der Waals surface area contributed by atoms with Gasteiger partial charge in [0, 0.05) is 12.5 Å². The maximum absolute atomic E-state index is 12.0. The van der Waals surface area contributed by atoms with E-state index < -0.39 is 0 Å². The summed E-state index contributed by atoms with van der Waals surface area (Å²) < 4.78 is 4.81. The first-order valence-corrected chi connectivity index (χ1v) is 6.70. The van der Waals surface area contributed by atoms with Crippen LogP contribution in [-0.4, -0.2) is 25.0 Å². The molecule has 0 radical (unpaired) electrons. The zero-order chi connectivity index (χ0) is 13.7. The lowest BCUT2D eigenvalue weighted by atomic mass is 10.1. The molecule has 0 bridgehead atoms. The molecule has 1 aliphatic carbocycles. The van der Waals surface area contributed by atoms with Crippen LogP contribution in [0.5, 0.6) is 0 Å². The second-order valence-corrected chi connectivity index (χ2v) is 4.72. The average Bonchev–Trinajstić information content (AvgIpc) is 2.82. The van der Waals surface area contributed by atoms with E-state index in [0.717, 1.165) is 12.8 Å². The van der Waals surface area contributed by atoms with Crippen LogP contribution in [0.25, 0.3) is 0 Å². The first kappa shape index (κ1) is 13.6. The molecule has 102 valence electrons. The van der Waals surface area contributed by atoms with Gasteiger partial charge in [-0.15, -0.1) is 0 Å². The highest BCUT2D eigenvalue weighted by Gasteiger charge is 2.26. The van der Waals surface area contributed by atoms with Crippen LogP contribution in [0, 0.1) is 5.92 Å². The standard InChI is InChI=1S/C15H19NO3/c1-2-19-14(17)7-8-16-15(18)13-9-11-5-3-4-6-12(11)10-13/h3-6,13H,2,7-10H2,1H3,(H,16,18). The molecule has 0 aliphatic heterocycles. The topological polar surface area (TPSA) is 55.4 Å². The van der Waals surface area contributed by atoms with Crippen molar-refractivity contribution in [1.29, 1.82) is 0 Å². The highest BCUT2D eigenvalue weighted by atomic mass is 16.5. The SMILES string of the molecule is CCOC(=O)CCNC(=O)C1Cc2ccccc2C1. The molecule has 0 heterocycles. The van der Waals surface area contributed by atoms with Crippen molar-refractivity contribution in [2.45, 2.75) is 26.2 Å². The van der Waals surface area contributed by atoms with E-state index in [9.17, 15) is 9.59 Å². The summed E-state index contributed by atoms with van der Waals surface area (Å²) >= 11 is 0. The number of amides is 1. The molecule has 1 amide bonds. The molecule has 4 nitrogen and oxygen atoms in total. The third-order valence-corrected chi connectivity index (χ3v) is 3.36. The zero-order valence-electron chi connectivity index (χ0n) is 11.1. The van der Waals surface area contributed by atoms with Crippen LogP contribution < -0.4 is 5.32 Å². The summed E-state index contributed by atoms with van der Waals surface area (Å²) in [7, 11) is 0. The largest absolute Gasteiger partial charge is 0.466 e. The van der Waals surface area contributed by atoms with E-state index in [1.807, 2.05) is 12.1 Å². The van der Waals surface area contributed by atoms with Gasteiger partial charge in [-0.05, 0) is 30.9 Å². The van der Waals surface area contributed by atoms with Crippen LogP contribution in [0.15, 0.2) is 24.3 Å². The number of esters is 1. The van der Waals surface area contributed by atoms with Crippen molar-refractivity contribution in [2.75, 3.05) is 13.2 Å². The fourth-order valence-electron chi connectivity index (χ4n) is 2.41. The lowest BCUT2D eigenvalue weighted by Gasteiger charge is -2.10. The molecule has 1 aromatic rings. The Kier molecular flexibility index (Phi) is 4.55. The van der Waals surface area contributed by atoms with E-state index in [2.05, 4.69) is 17.4 Å². The van der Waals surface area contributed by atoms with Gasteiger partial charge in [0.25, 0.3) is 0 Å². The second-order valence-electron chi connectivity index (χ2n) is 4.72. The van der Waals surface area contributed by atoms with Gasteiger partial charge in [0.2, 0.25) is 5.91 Å². The van der Waals surface area contributed by atoms with Crippen molar-refractivity contribution in [2.24, 2.45) is 5.92 Å². The van der Waals surface area contributed by atoms with Crippen molar-refractivity contribution in [1.82, 2.24) is 5.32 Å². The molecule has 0 aromatic heterocycles. The molecule has 1 N–H and O–H groups in total. The molecular formula is C15H19NO3. The van der Waals surface area contributed by atoms with Gasteiger partial charge in [-0.3, -0.25) is 9.59 Å². The van der Waals surface area contributed by atoms with Crippen LogP contribution in [0.4, 0.5) is 0 Å². The van der Waals surface area contributed by atoms with Crippen LogP contribution in [-0.2, 0) is 27.2 Å². The van der Waals surface area contributed by atoms with E-state index in [-0.39, 0.29) is 24.2 Å². The van der Waals surface area contributed by atoms with Gasteiger partial charge in [0.15, 0.2) is 0 Å². The monoisotopic (exact) mass is 261 g/mol. The minimum Gasteiger partial charge on any atom is -0.466 e. The van der Waals surface area contributed by atoms with Gasteiger partial charge in [-0.2, -0.15) is 0 Å². The molecule has 0 atom stereocenters. The maximum atomic E-state index is 12.0. The van der Waals surface area contributed by atoms with E-state index in [0.29, 0.717) is 13.2 Å². The van der Waals surface area contributed by atoms with Crippen LogP contribution in [0.3, 0.4) is 0 Å². The highest BCUT2D eigenvalue weighted by Crippen LogP contribution is 2.26. The molecular weight excluding hydrogens is 242 g/mol. The predicted octanol–water partition coefficient (Wildman–Crippen LogP) is 1.47. The number of benzene rings is 1. The van der Waals surface area contributed by atoms with Crippen LogP contribution in [0.2, 0.25) is 0 Å². The smallest absolute Gasteiger partial charge is 0.307 e. The minimum absolute atomic E-state index is 0.000374. The fraction of sp³-hybridized carbons (Fsp3) is 0.467. The lowest BCUT2D eigenvalue weighted by molar-refractivity contribution is -0.143. The predicted molar refractivity (Wildman–Crippen MR) is 71.6 cm³/mol. The Labute approximate surface area is 113 Å². The summed E-state index contributed by atoms with van der Waals surface area (Å²) in [6, 6.07) is 8.14. The Balaban J connectivity index is 1.76. The third kappa shape index (κ3) is 3.56. The first-order chi connectivity index (χ1) is 9.20. The van der Waals surface area contributed by atoms with E-state index in [1.165, 1.54) is 11.1 Å². The Morgan fingerprint density at radius 1 is 1.26 bits per heavy atom. The van der Waals surface area contributed by atoms with E-state index >= 15 is 0 Å². The van der Waals surface area contributed by atoms with Gasteiger partial charge in [0.1, 0.15) is 0 Å². The van der Waals surface area contributed by atoms with Crippen molar-refractivity contribution in [3.63, 3.8) is 0 Å². The number of carbonyl (C=O) groups is 2. The average molecular weight is 261 g/mol. The quantitative estimate of drug-likeness (QED) is 0.817. The van der Waals surface area contributed by atoms with Gasteiger partial charge in [0.05, 0.1) is 13.0 Å². The van der Waals surface area contributed by atoms with Crippen molar-refractivity contribution in [3.05, 3.63) is 35.4 Å². The van der Waals surface area contributed by atoms with Crippen LogP contribution in [0.1, 0.15) is 24.5 Å². The number of rotatable bonds is 5. The Hall–Kier alpha value is -1.84. The summed E-state index contributed by atoms with van der Waals surface area (Å²) in [6.07, 6.45) is 1.82. The molecule has 4 heteroatoms. The van der Waals surface area contributed by atoms with Crippen molar-refractivity contribution < 1.29 is 14.3 Å².